The van der Waals surface area contributed by atoms with Gasteiger partial charge in [-0.3, -0.25) is 14.4 Å². The first-order valence-corrected chi connectivity index (χ1v) is 24.4. The standard InChI is InChI=1S/C55H88O6/c1-4-7-10-13-16-18-20-22-23-24-25-26-27-28-29-30-31-33-34-36-39-42-45-48-54(57)60-51-52(50-59-53(56)47-44-41-38-15-12-9-6-3)61-55(58)49-46-43-40-37-35-32-21-19-17-14-11-8-5-2/h7-8,10-11,16-19,22-23,25-26,28-29,32,35,40,43,52H,4-6,9,12-15,20-21,24,27,30-31,33-34,36-39,41-42,44-51H2,1-3H3/b10-7-,11-8-,18-16-,19-17-,23-22-,26-25-,29-28-,35-32-,43-40-. The average molecular weight is 845 g/mol. The maximum atomic E-state index is 12.7. The van der Waals surface area contributed by atoms with Crippen molar-refractivity contribution < 1.29 is 28.6 Å². The molecule has 0 heterocycles. The normalized spacial score (nSPS) is 13.0. The maximum Gasteiger partial charge on any atom is 0.306 e. The van der Waals surface area contributed by atoms with Crippen LogP contribution in [-0.2, 0) is 28.6 Å². The van der Waals surface area contributed by atoms with E-state index in [1.807, 2.05) is 12.2 Å². The second-order valence-corrected chi connectivity index (χ2v) is 15.6. The van der Waals surface area contributed by atoms with Gasteiger partial charge in [0, 0.05) is 19.3 Å². The summed E-state index contributed by atoms with van der Waals surface area (Å²) in [5.74, 6) is -1.02. The van der Waals surface area contributed by atoms with Crippen molar-refractivity contribution in [1.29, 1.82) is 0 Å². The van der Waals surface area contributed by atoms with Crippen LogP contribution in [-0.4, -0.2) is 37.2 Å². The van der Waals surface area contributed by atoms with E-state index in [2.05, 4.69) is 118 Å². The van der Waals surface area contributed by atoms with Gasteiger partial charge in [-0.05, 0) is 89.9 Å². The third kappa shape index (κ3) is 47.0. The van der Waals surface area contributed by atoms with E-state index < -0.39 is 12.1 Å². The molecule has 0 radical (unpaired) electrons. The van der Waals surface area contributed by atoms with Crippen LogP contribution in [0.2, 0.25) is 0 Å². The molecule has 0 aliphatic rings. The number of esters is 3. The van der Waals surface area contributed by atoms with Crippen molar-refractivity contribution in [3.63, 3.8) is 0 Å². The molecule has 0 aliphatic heterocycles. The van der Waals surface area contributed by atoms with E-state index in [1.54, 1.807) is 0 Å². The van der Waals surface area contributed by atoms with Crippen molar-refractivity contribution in [2.45, 2.75) is 207 Å². The number of carbonyl (C=O) groups is 3. The predicted molar refractivity (Wildman–Crippen MR) is 260 cm³/mol. The fraction of sp³-hybridized carbons (Fsp3) is 0.618. The summed E-state index contributed by atoms with van der Waals surface area (Å²) < 4.78 is 16.6. The highest BCUT2D eigenvalue weighted by Crippen LogP contribution is 2.12. The largest absolute Gasteiger partial charge is 0.462 e. The highest BCUT2D eigenvalue weighted by molar-refractivity contribution is 5.71. The lowest BCUT2D eigenvalue weighted by Crippen LogP contribution is -2.30. The van der Waals surface area contributed by atoms with E-state index in [1.165, 1.54) is 51.4 Å². The van der Waals surface area contributed by atoms with Gasteiger partial charge < -0.3 is 14.2 Å². The molecule has 6 nitrogen and oxygen atoms in total. The Labute approximate surface area is 374 Å². The summed E-state index contributed by atoms with van der Waals surface area (Å²) >= 11 is 0. The van der Waals surface area contributed by atoms with Crippen molar-refractivity contribution >= 4 is 17.9 Å². The summed E-state index contributed by atoms with van der Waals surface area (Å²) in [6.45, 7) is 6.27. The number of unbranched alkanes of at least 4 members (excludes halogenated alkanes) is 13. The molecule has 344 valence electrons. The van der Waals surface area contributed by atoms with Crippen LogP contribution in [0, 0.1) is 0 Å². The highest BCUT2D eigenvalue weighted by Gasteiger charge is 2.19. The van der Waals surface area contributed by atoms with Crippen LogP contribution in [0.4, 0.5) is 0 Å². The second kappa shape index (κ2) is 48.7. The number of rotatable bonds is 42. The molecule has 0 aromatic heterocycles. The molecule has 1 unspecified atom stereocenters. The van der Waals surface area contributed by atoms with Crippen LogP contribution in [0.3, 0.4) is 0 Å². The Morgan fingerprint density at radius 3 is 1.07 bits per heavy atom. The van der Waals surface area contributed by atoms with Crippen molar-refractivity contribution in [2.24, 2.45) is 0 Å². The van der Waals surface area contributed by atoms with Crippen LogP contribution in [0.25, 0.3) is 0 Å². The maximum absolute atomic E-state index is 12.7. The Hall–Kier alpha value is -3.93. The quantitative estimate of drug-likeness (QED) is 0.0264. The lowest BCUT2D eigenvalue weighted by molar-refractivity contribution is -0.166. The zero-order valence-electron chi connectivity index (χ0n) is 39.1. The molecule has 6 heteroatoms. The monoisotopic (exact) mass is 845 g/mol. The van der Waals surface area contributed by atoms with Gasteiger partial charge >= 0.3 is 17.9 Å². The van der Waals surface area contributed by atoms with Gasteiger partial charge in [-0.1, -0.05) is 201 Å². The molecule has 61 heavy (non-hydrogen) atoms. The van der Waals surface area contributed by atoms with Gasteiger partial charge in [0.15, 0.2) is 6.10 Å². The number of hydrogen-bond donors (Lipinski definition) is 0. The summed E-state index contributed by atoms with van der Waals surface area (Å²) in [7, 11) is 0. The molecule has 0 bridgehead atoms. The molecule has 0 aromatic rings. The van der Waals surface area contributed by atoms with E-state index >= 15 is 0 Å². The van der Waals surface area contributed by atoms with Crippen molar-refractivity contribution in [2.75, 3.05) is 13.2 Å². The first kappa shape index (κ1) is 57.1. The molecule has 0 N–H and O–H groups in total. The van der Waals surface area contributed by atoms with Crippen LogP contribution >= 0.6 is 0 Å². The van der Waals surface area contributed by atoms with Gasteiger partial charge in [0.05, 0.1) is 0 Å². The lowest BCUT2D eigenvalue weighted by atomic mass is 10.1. The zero-order chi connectivity index (χ0) is 44.4. The molecule has 0 aromatic carbocycles. The summed E-state index contributed by atoms with van der Waals surface area (Å²) in [6.07, 6.45) is 65.3. The third-order valence-electron chi connectivity index (χ3n) is 9.79. The molecular formula is C55H88O6. The van der Waals surface area contributed by atoms with Crippen LogP contribution in [0.15, 0.2) is 109 Å². The highest BCUT2D eigenvalue weighted by atomic mass is 16.6. The summed E-state index contributed by atoms with van der Waals surface area (Å²) in [6, 6.07) is 0. The molecule has 0 spiro atoms. The molecule has 0 fully saturated rings. The minimum absolute atomic E-state index is 0.112. The number of allylic oxidation sites excluding steroid dienone is 18. The van der Waals surface area contributed by atoms with Crippen LogP contribution in [0.5, 0.6) is 0 Å². The summed E-state index contributed by atoms with van der Waals surface area (Å²) in [5.41, 5.74) is 0. The Morgan fingerprint density at radius 2 is 0.672 bits per heavy atom. The SMILES string of the molecule is CC/C=C\C/C=C\C/C=C\C/C=C\C/C=C\CCCCCCCCCC(=O)OCC(COC(=O)CCCCCCCCC)OC(=O)CC/C=C\C/C=C\C/C=C\C/C=C\CC. The Bertz CT molecular complexity index is 1290. The van der Waals surface area contributed by atoms with Crippen molar-refractivity contribution in [3.8, 4) is 0 Å². The molecule has 0 rings (SSSR count). The predicted octanol–water partition coefficient (Wildman–Crippen LogP) is 16.0. The van der Waals surface area contributed by atoms with Crippen LogP contribution in [0.1, 0.15) is 201 Å². The van der Waals surface area contributed by atoms with Gasteiger partial charge in [-0.25, -0.2) is 0 Å². The van der Waals surface area contributed by atoms with Crippen molar-refractivity contribution in [1.82, 2.24) is 0 Å². The number of carbonyl (C=O) groups excluding carboxylic acids is 3. The van der Waals surface area contributed by atoms with Gasteiger partial charge in [0.2, 0.25) is 0 Å². The third-order valence-corrected chi connectivity index (χ3v) is 9.79. The van der Waals surface area contributed by atoms with E-state index in [9.17, 15) is 14.4 Å². The van der Waals surface area contributed by atoms with Crippen molar-refractivity contribution in [3.05, 3.63) is 109 Å². The number of ether oxygens (including phenoxy) is 3. The van der Waals surface area contributed by atoms with E-state index in [0.29, 0.717) is 19.3 Å². The summed E-state index contributed by atoms with van der Waals surface area (Å²) in [5, 5.41) is 0. The number of hydrogen-bond acceptors (Lipinski definition) is 6. The van der Waals surface area contributed by atoms with Crippen LogP contribution < -0.4 is 0 Å². The molecular weight excluding hydrogens is 757 g/mol. The van der Waals surface area contributed by atoms with E-state index in [0.717, 1.165) is 103 Å². The first-order chi connectivity index (χ1) is 30.0. The smallest absolute Gasteiger partial charge is 0.306 e. The Morgan fingerprint density at radius 1 is 0.344 bits per heavy atom. The fourth-order valence-corrected chi connectivity index (χ4v) is 6.19. The van der Waals surface area contributed by atoms with Gasteiger partial charge in [-0.2, -0.15) is 0 Å². The Kier molecular flexibility index (Phi) is 45.6. The van der Waals surface area contributed by atoms with Gasteiger partial charge in [0.1, 0.15) is 13.2 Å². The summed E-state index contributed by atoms with van der Waals surface area (Å²) in [4.78, 5) is 37.7. The Balaban J connectivity index is 4.33. The lowest BCUT2D eigenvalue weighted by Gasteiger charge is -2.18. The van der Waals surface area contributed by atoms with Gasteiger partial charge in [0.25, 0.3) is 0 Å². The zero-order valence-corrected chi connectivity index (χ0v) is 39.1. The van der Waals surface area contributed by atoms with Gasteiger partial charge in [-0.15, -0.1) is 0 Å². The minimum atomic E-state index is -0.818. The fourth-order valence-electron chi connectivity index (χ4n) is 6.19. The second-order valence-electron chi connectivity index (χ2n) is 15.6. The minimum Gasteiger partial charge on any atom is -0.462 e. The molecule has 0 saturated carbocycles. The molecule has 1 atom stereocenters. The molecule has 0 amide bonds. The van der Waals surface area contributed by atoms with E-state index in [4.69, 9.17) is 14.2 Å². The molecule has 0 saturated heterocycles. The first-order valence-electron chi connectivity index (χ1n) is 24.4. The van der Waals surface area contributed by atoms with E-state index in [-0.39, 0.29) is 31.6 Å². The average Bonchev–Trinajstić information content (AvgIpc) is 3.26. The molecule has 0 aliphatic carbocycles. The topological polar surface area (TPSA) is 78.9 Å².